The molecule has 1 N–H and O–H groups in total. The van der Waals surface area contributed by atoms with E-state index in [1.54, 1.807) is 18.2 Å². The van der Waals surface area contributed by atoms with Crippen molar-refractivity contribution in [1.29, 1.82) is 0 Å². The molecule has 0 saturated carbocycles. The van der Waals surface area contributed by atoms with Crippen LogP contribution in [0.1, 0.15) is 35.3 Å². The highest BCUT2D eigenvalue weighted by Crippen LogP contribution is 2.11. The Morgan fingerprint density at radius 3 is 2.40 bits per heavy atom. The Bertz CT molecular complexity index is 620. The molecule has 1 rings (SSSR count). The molecule has 1 aromatic rings. The molecule has 0 aliphatic rings. The number of aryl methyl sites for hydroxylation is 1. The van der Waals surface area contributed by atoms with Crippen molar-refractivity contribution in [3.8, 4) is 0 Å². The first-order valence-electron chi connectivity index (χ1n) is 6.32. The van der Waals surface area contributed by atoms with Crippen LogP contribution in [-0.4, -0.2) is 31.6 Å². The number of Topliss-reactive ketones (excluding diaryl/α,β-unsaturated/α-hetero) is 1. The van der Waals surface area contributed by atoms with Gasteiger partial charge in [-0.05, 0) is 31.0 Å². The van der Waals surface area contributed by atoms with Gasteiger partial charge in [0.1, 0.15) is 5.75 Å². The Hall–Kier alpha value is -1.69. The van der Waals surface area contributed by atoms with Gasteiger partial charge in [-0.3, -0.25) is 9.59 Å². The van der Waals surface area contributed by atoms with Crippen LogP contribution in [0.2, 0.25) is 0 Å². The third-order valence-electron chi connectivity index (χ3n) is 3.02. The van der Waals surface area contributed by atoms with Gasteiger partial charge in [0.25, 0.3) is 0 Å². The SMILES string of the molecule is CCS(=O)(=O)CC(=O)NCc1ccc(C(C)=O)cc1C. The molecule has 0 aliphatic carbocycles. The van der Waals surface area contributed by atoms with Crippen molar-refractivity contribution in [2.45, 2.75) is 27.3 Å². The summed E-state index contributed by atoms with van der Waals surface area (Å²) in [7, 11) is -3.31. The molecule has 20 heavy (non-hydrogen) atoms. The standard InChI is InChI=1S/C14H19NO4S/c1-4-20(18,19)9-14(17)15-8-13-6-5-12(11(3)16)7-10(13)2/h5-7H,4,8-9H2,1-3H3,(H,15,17). The van der Waals surface area contributed by atoms with Gasteiger partial charge in [0.15, 0.2) is 15.6 Å². The van der Waals surface area contributed by atoms with Crippen LogP contribution in [0.15, 0.2) is 18.2 Å². The Kier molecular flexibility index (Phi) is 5.44. The highest BCUT2D eigenvalue weighted by molar-refractivity contribution is 7.92. The number of ketones is 1. The number of hydrogen-bond donors (Lipinski definition) is 1. The van der Waals surface area contributed by atoms with Crippen LogP contribution in [0.25, 0.3) is 0 Å². The van der Waals surface area contributed by atoms with Gasteiger partial charge in [0.05, 0.1) is 0 Å². The summed E-state index contributed by atoms with van der Waals surface area (Å²) in [6, 6.07) is 5.22. The molecule has 6 heteroatoms. The van der Waals surface area contributed by atoms with E-state index in [0.717, 1.165) is 11.1 Å². The maximum atomic E-state index is 11.5. The van der Waals surface area contributed by atoms with Crippen molar-refractivity contribution in [1.82, 2.24) is 5.32 Å². The van der Waals surface area contributed by atoms with Crippen LogP contribution < -0.4 is 5.32 Å². The lowest BCUT2D eigenvalue weighted by atomic mass is 10.0. The van der Waals surface area contributed by atoms with Gasteiger partial charge in [-0.1, -0.05) is 19.1 Å². The summed E-state index contributed by atoms with van der Waals surface area (Å²) in [5.41, 5.74) is 2.36. The Labute approximate surface area is 119 Å². The molecule has 0 saturated heterocycles. The van der Waals surface area contributed by atoms with Gasteiger partial charge in [-0.2, -0.15) is 0 Å². The molecule has 0 radical (unpaired) electrons. The molecule has 5 nitrogen and oxygen atoms in total. The van der Waals surface area contributed by atoms with Crippen molar-refractivity contribution < 1.29 is 18.0 Å². The number of benzene rings is 1. The first-order chi connectivity index (χ1) is 9.25. The van der Waals surface area contributed by atoms with Crippen LogP contribution in [0.5, 0.6) is 0 Å². The van der Waals surface area contributed by atoms with Crippen molar-refractivity contribution in [2.24, 2.45) is 0 Å². The number of hydrogen-bond acceptors (Lipinski definition) is 4. The van der Waals surface area contributed by atoms with Crippen molar-refractivity contribution in [3.63, 3.8) is 0 Å². The second-order valence-electron chi connectivity index (χ2n) is 4.65. The molecule has 1 amide bonds. The molecule has 0 atom stereocenters. The van der Waals surface area contributed by atoms with E-state index < -0.39 is 21.5 Å². The number of rotatable bonds is 6. The number of carbonyl (C=O) groups is 2. The van der Waals surface area contributed by atoms with Gasteiger partial charge in [0, 0.05) is 17.9 Å². The molecule has 0 bridgehead atoms. The Morgan fingerprint density at radius 2 is 1.90 bits per heavy atom. The van der Waals surface area contributed by atoms with Crippen molar-refractivity contribution >= 4 is 21.5 Å². The van der Waals surface area contributed by atoms with E-state index >= 15 is 0 Å². The zero-order valence-corrected chi connectivity index (χ0v) is 12.7. The molecule has 1 aromatic carbocycles. The first-order valence-corrected chi connectivity index (χ1v) is 8.15. The number of carbonyl (C=O) groups excluding carboxylic acids is 2. The fraction of sp³-hybridized carbons (Fsp3) is 0.429. The summed E-state index contributed by atoms with van der Waals surface area (Å²) >= 11 is 0. The van der Waals surface area contributed by atoms with E-state index in [4.69, 9.17) is 0 Å². The van der Waals surface area contributed by atoms with Gasteiger partial charge < -0.3 is 5.32 Å². The highest BCUT2D eigenvalue weighted by Gasteiger charge is 2.14. The minimum Gasteiger partial charge on any atom is -0.351 e. The van der Waals surface area contributed by atoms with Crippen LogP contribution in [0, 0.1) is 6.92 Å². The number of nitrogens with one attached hydrogen (secondary N) is 1. The smallest absolute Gasteiger partial charge is 0.235 e. The fourth-order valence-corrected chi connectivity index (χ4v) is 2.37. The van der Waals surface area contributed by atoms with E-state index in [1.807, 2.05) is 6.92 Å². The predicted molar refractivity (Wildman–Crippen MR) is 77.4 cm³/mol. The van der Waals surface area contributed by atoms with Crippen LogP contribution in [0.3, 0.4) is 0 Å². The van der Waals surface area contributed by atoms with Crippen LogP contribution in [-0.2, 0) is 21.2 Å². The Morgan fingerprint density at radius 1 is 1.25 bits per heavy atom. The molecule has 110 valence electrons. The molecule has 0 unspecified atom stereocenters. The van der Waals surface area contributed by atoms with E-state index in [0.29, 0.717) is 5.56 Å². The van der Waals surface area contributed by atoms with Gasteiger partial charge >= 0.3 is 0 Å². The van der Waals surface area contributed by atoms with Gasteiger partial charge in [-0.25, -0.2) is 8.42 Å². The largest absolute Gasteiger partial charge is 0.351 e. The quantitative estimate of drug-likeness (QED) is 0.801. The topological polar surface area (TPSA) is 80.3 Å². The lowest BCUT2D eigenvalue weighted by Crippen LogP contribution is -2.30. The molecule has 0 fully saturated rings. The van der Waals surface area contributed by atoms with Crippen LogP contribution >= 0.6 is 0 Å². The summed E-state index contributed by atoms with van der Waals surface area (Å²) in [5, 5.41) is 2.58. The normalized spacial score (nSPS) is 11.2. The zero-order valence-electron chi connectivity index (χ0n) is 11.9. The van der Waals surface area contributed by atoms with Crippen molar-refractivity contribution in [2.75, 3.05) is 11.5 Å². The first kappa shape index (κ1) is 16.4. The summed E-state index contributed by atoms with van der Waals surface area (Å²) in [5.74, 6) is -1.07. The second-order valence-corrected chi connectivity index (χ2v) is 7.00. The summed E-state index contributed by atoms with van der Waals surface area (Å²) < 4.78 is 22.6. The average molecular weight is 297 g/mol. The predicted octanol–water partition coefficient (Wildman–Crippen LogP) is 1.25. The van der Waals surface area contributed by atoms with Crippen LogP contribution in [0.4, 0.5) is 0 Å². The van der Waals surface area contributed by atoms with Gasteiger partial charge in [0.2, 0.25) is 5.91 Å². The number of amides is 1. The average Bonchev–Trinajstić information content (AvgIpc) is 2.36. The third-order valence-corrected chi connectivity index (χ3v) is 4.60. The minimum absolute atomic E-state index is 0.0160. The minimum atomic E-state index is -3.31. The highest BCUT2D eigenvalue weighted by atomic mass is 32.2. The molecule has 0 spiro atoms. The monoisotopic (exact) mass is 297 g/mol. The van der Waals surface area contributed by atoms with E-state index in [1.165, 1.54) is 13.8 Å². The summed E-state index contributed by atoms with van der Waals surface area (Å²) in [6.07, 6.45) is 0. The van der Waals surface area contributed by atoms with Crippen molar-refractivity contribution in [3.05, 3.63) is 34.9 Å². The van der Waals surface area contributed by atoms with Gasteiger partial charge in [-0.15, -0.1) is 0 Å². The lowest BCUT2D eigenvalue weighted by Gasteiger charge is -2.09. The molecule has 0 aliphatic heterocycles. The Balaban J connectivity index is 2.67. The number of sulfone groups is 1. The van der Waals surface area contributed by atoms with E-state index in [9.17, 15) is 18.0 Å². The van der Waals surface area contributed by atoms with E-state index in [-0.39, 0.29) is 18.1 Å². The van der Waals surface area contributed by atoms with E-state index in [2.05, 4.69) is 5.32 Å². The molecule has 0 aromatic heterocycles. The maximum absolute atomic E-state index is 11.5. The fourth-order valence-electron chi connectivity index (χ4n) is 1.66. The maximum Gasteiger partial charge on any atom is 0.235 e. The molecular formula is C14H19NO4S. The third kappa shape index (κ3) is 4.77. The summed E-state index contributed by atoms with van der Waals surface area (Å²) in [4.78, 5) is 22.8. The summed E-state index contributed by atoms with van der Waals surface area (Å²) in [6.45, 7) is 5.10. The molecular weight excluding hydrogens is 278 g/mol. The zero-order chi connectivity index (χ0) is 15.3. The molecule has 0 heterocycles. The second kappa shape index (κ2) is 6.65. The lowest BCUT2D eigenvalue weighted by molar-refractivity contribution is -0.118.